The number of fused-ring (bicyclic) bond motifs is 1. The Balaban J connectivity index is 3.07. The molecule has 0 fully saturated rings. The average Bonchev–Trinajstić information content (AvgIpc) is 2.26. The van der Waals surface area contributed by atoms with Crippen molar-refractivity contribution in [2.45, 2.75) is 24.7 Å². The first-order chi connectivity index (χ1) is 8.71. The highest BCUT2D eigenvalue weighted by molar-refractivity contribution is 7.91. The molecule has 102 valence electrons. The van der Waals surface area contributed by atoms with Crippen molar-refractivity contribution in [3.8, 4) is 5.75 Å². The number of phenols is 1. The van der Waals surface area contributed by atoms with Crippen LogP contribution in [-0.2, 0) is 9.84 Å². The molecule has 19 heavy (non-hydrogen) atoms. The van der Waals surface area contributed by atoms with E-state index in [4.69, 9.17) is 0 Å². The van der Waals surface area contributed by atoms with Gasteiger partial charge < -0.3 is 5.11 Å². The smallest absolute Gasteiger partial charge is 0.179 e. The molecule has 0 aliphatic rings. The molecule has 2 aromatic rings. The van der Waals surface area contributed by atoms with E-state index in [1.807, 2.05) is 13.8 Å². The fourth-order valence-electron chi connectivity index (χ4n) is 2.24. The summed E-state index contributed by atoms with van der Waals surface area (Å²) >= 11 is 0. The molecular formula is C14H15FO3S. The van der Waals surface area contributed by atoms with Gasteiger partial charge in [-0.05, 0) is 35.1 Å². The summed E-state index contributed by atoms with van der Waals surface area (Å²) in [7, 11) is -3.69. The number of hydrogen-bond acceptors (Lipinski definition) is 3. The molecule has 0 aromatic heterocycles. The van der Waals surface area contributed by atoms with Gasteiger partial charge >= 0.3 is 0 Å². The van der Waals surface area contributed by atoms with Gasteiger partial charge in [-0.2, -0.15) is 0 Å². The molecule has 0 atom stereocenters. The lowest BCUT2D eigenvalue weighted by Crippen LogP contribution is -2.04. The summed E-state index contributed by atoms with van der Waals surface area (Å²) < 4.78 is 37.6. The van der Waals surface area contributed by atoms with E-state index in [0.717, 1.165) is 12.3 Å². The van der Waals surface area contributed by atoms with Gasteiger partial charge in [-0.15, -0.1) is 0 Å². The summed E-state index contributed by atoms with van der Waals surface area (Å²) in [5.41, 5.74) is 0.620. The summed E-state index contributed by atoms with van der Waals surface area (Å²) in [6.45, 7) is 3.73. The Kier molecular flexibility index (Phi) is 3.26. The van der Waals surface area contributed by atoms with Crippen molar-refractivity contribution >= 4 is 20.6 Å². The van der Waals surface area contributed by atoms with E-state index in [0.29, 0.717) is 16.3 Å². The van der Waals surface area contributed by atoms with Gasteiger partial charge in [0.25, 0.3) is 0 Å². The number of phenolic OH excluding ortho intramolecular Hbond substituents is 1. The molecule has 0 aliphatic heterocycles. The maximum atomic E-state index is 13.9. The van der Waals surface area contributed by atoms with E-state index < -0.39 is 15.7 Å². The van der Waals surface area contributed by atoms with E-state index in [-0.39, 0.29) is 16.6 Å². The third-order valence-corrected chi connectivity index (χ3v) is 4.17. The summed E-state index contributed by atoms with van der Waals surface area (Å²) in [6, 6.07) is 5.52. The monoisotopic (exact) mass is 282 g/mol. The van der Waals surface area contributed by atoms with E-state index in [2.05, 4.69) is 0 Å². The first-order valence-electron chi connectivity index (χ1n) is 5.87. The van der Waals surface area contributed by atoms with Crippen LogP contribution in [0.1, 0.15) is 25.3 Å². The van der Waals surface area contributed by atoms with Crippen LogP contribution in [0.5, 0.6) is 5.75 Å². The van der Waals surface area contributed by atoms with Crippen LogP contribution < -0.4 is 0 Å². The second-order valence-corrected chi connectivity index (χ2v) is 6.89. The fourth-order valence-corrected chi connectivity index (χ4v) is 3.27. The van der Waals surface area contributed by atoms with Gasteiger partial charge in [-0.25, -0.2) is 12.8 Å². The van der Waals surface area contributed by atoms with Crippen LogP contribution >= 0.6 is 0 Å². The molecule has 3 nitrogen and oxygen atoms in total. The quantitative estimate of drug-likeness (QED) is 0.920. The Morgan fingerprint density at radius 2 is 1.84 bits per heavy atom. The van der Waals surface area contributed by atoms with Crippen molar-refractivity contribution in [2.24, 2.45) is 0 Å². The second kappa shape index (κ2) is 4.49. The molecule has 2 aromatic carbocycles. The Morgan fingerprint density at radius 3 is 2.37 bits per heavy atom. The first kappa shape index (κ1) is 13.8. The summed E-state index contributed by atoms with van der Waals surface area (Å²) in [5, 5.41) is 10.6. The van der Waals surface area contributed by atoms with Crippen LogP contribution in [0.3, 0.4) is 0 Å². The lowest BCUT2D eigenvalue weighted by atomic mass is 9.95. The number of halogens is 1. The Hall–Kier alpha value is -1.62. The molecule has 0 saturated heterocycles. The highest BCUT2D eigenvalue weighted by Crippen LogP contribution is 2.35. The molecule has 5 heteroatoms. The third kappa shape index (κ3) is 2.42. The summed E-state index contributed by atoms with van der Waals surface area (Å²) in [6.07, 6.45) is 0.988. The third-order valence-electron chi connectivity index (χ3n) is 3.03. The number of hydrogen-bond donors (Lipinski definition) is 1. The lowest BCUT2D eigenvalue weighted by Gasteiger charge is -2.14. The zero-order valence-electron chi connectivity index (χ0n) is 10.9. The molecule has 0 bridgehead atoms. The van der Waals surface area contributed by atoms with Crippen LogP contribution in [0.25, 0.3) is 10.8 Å². The van der Waals surface area contributed by atoms with Crippen molar-refractivity contribution in [1.29, 1.82) is 0 Å². The molecule has 0 spiro atoms. The van der Waals surface area contributed by atoms with Crippen molar-refractivity contribution in [3.05, 3.63) is 35.6 Å². The molecule has 2 rings (SSSR count). The fraction of sp³-hybridized carbons (Fsp3) is 0.286. The number of rotatable bonds is 2. The summed E-state index contributed by atoms with van der Waals surface area (Å²) in [5.74, 6) is -0.748. The largest absolute Gasteiger partial charge is 0.508 e. The Labute approximate surface area is 111 Å². The average molecular weight is 282 g/mol. The van der Waals surface area contributed by atoms with Gasteiger partial charge in [0.2, 0.25) is 0 Å². The van der Waals surface area contributed by atoms with Gasteiger partial charge in [0.15, 0.2) is 9.84 Å². The normalized spacial score (nSPS) is 12.3. The molecule has 0 heterocycles. The SMILES string of the molecule is CC(C)c1cc(O)cc2ccc(F)c(S(C)(=O)=O)c12. The highest BCUT2D eigenvalue weighted by atomic mass is 32.2. The molecule has 1 N–H and O–H groups in total. The van der Waals surface area contributed by atoms with Crippen molar-refractivity contribution in [3.63, 3.8) is 0 Å². The molecule has 0 saturated carbocycles. The maximum absolute atomic E-state index is 13.9. The molecule has 0 radical (unpaired) electrons. The number of sulfone groups is 1. The molecular weight excluding hydrogens is 267 g/mol. The van der Waals surface area contributed by atoms with E-state index in [1.54, 1.807) is 0 Å². The number of benzene rings is 2. The van der Waals surface area contributed by atoms with Gasteiger partial charge in [-0.3, -0.25) is 0 Å². The van der Waals surface area contributed by atoms with Gasteiger partial charge in [0.05, 0.1) is 0 Å². The predicted molar refractivity (Wildman–Crippen MR) is 72.8 cm³/mol. The highest BCUT2D eigenvalue weighted by Gasteiger charge is 2.21. The zero-order valence-corrected chi connectivity index (χ0v) is 11.8. The molecule has 0 amide bonds. The van der Waals surface area contributed by atoms with Crippen LogP contribution in [0.2, 0.25) is 0 Å². The van der Waals surface area contributed by atoms with Gasteiger partial charge in [-0.1, -0.05) is 19.9 Å². The van der Waals surface area contributed by atoms with E-state index in [9.17, 15) is 17.9 Å². The van der Waals surface area contributed by atoms with E-state index >= 15 is 0 Å². The molecule has 0 unspecified atom stereocenters. The summed E-state index contributed by atoms with van der Waals surface area (Å²) in [4.78, 5) is -0.297. The Bertz CT molecular complexity index is 749. The minimum Gasteiger partial charge on any atom is -0.508 e. The predicted octanol–water partition coefficient (Wildman–Crippen LogP) is 3.21. The first-order valence-corrected chi connectivity index (χ1v) is 7.76. The minimum atomic E-state index is -3.69. The van der Waals surface area contributed by atoms with Crippen LogP contribution in [-0.4, -0.2) is 19.8 Å². The lowest BCUT2D eigenvalue weighted by molar-refractivity contribution is 0.475. The van der Waals surface area contributed by atoms with Crippen LogP contribution in [0.15, 0.2) is 29.2 Å². The van der Waals surface area contributed by atoms with Gasteiger partial charge in [0.1, 0.15) is 16.5 Å². The standard InChI is InChI=1S/C14H15FO3S/c1-8(2)11-7-10(16)6-9-4-5-12(15)14(13(9)11)19(3,17)18/h4-8,16H,1-3H3. The van der Waals surface area contributed by atoms with Crippen molar-refractivity contribution in [1.82, 2.24) is 0 Å². The van der Waals surface area contributed by atoms with Crippen LogP contribution in [0.4, 0.5) is 4.39 Å². The van der Waals surface area contributed by atoms with Crippen molar-refractivity contribution < 1.29 is 17.9 Å². The molecule has 0 aliphatic carbocycles. The van der Waals surface area contributed by atoms with E-state index in [1.165, 1.54) is 18.2 Å². The topological polar surface area (TPSA) is 54.4 Å². The zero-order chi connectivity index (χ0) is 14.4. The maximum Gasteiger partial charge on any atom is 0.179 e. The Morgan fingerprint density at radius 1 is 1.21 bits per heavy atom. The second-order valence-electron chi connectivity index (χ2n) is 4.94. The van der Waals surface area contributed by atoms with Crippen LogP contribution in [0, 0.1) is 5.82 Å². The number of aromatic hydroxyl groups is 1. The van der Waals surface area contributed by atoms with Gasteiger partial charge in [0, 0.05) is 11.6 Å². The van der Waals surface area contributed by atoms with Crippen molar-refractivity contribution in [2.75, 3.05) is 6.26 Å². The minimum absolute atomic E-state index is 0.0306.